The lowest BCUT2D eigenvalue weighted by Gasteiger charge is -2.20. The first-order chi connectivity index (χ1) is 15.0. The molecule has 0 saturated heterocycles. The number of carbonyl (C=O) groups excluding carboxylic acids is 3. The lowest BCUT2D eigenvalue weighted by molar-refractivity contribution is -0.138. The lowest BCUT2D eigenvalue weighted by Crippen LogP contribution is -2.44. The fourth-order valence-corrected chi connectivity index (χ4v) is 3.54. The molecule has 0 radical (unpaired) electrons. The van der Waals surface area contributed by atoms with Crippen molar-refractivity contribution in [3.8, 4) is 17.2 Å². The van der Waals surface area contributed by atoms with Crippen LogP contribution in [-0.4, -0.2) is 33.7 Å². The number of rotatable bonds is 4. The van der Waals surface area contributed by atoms with Crippen LogP contribution in [-0.2, 0) is 4.79 Å². The van der Waals surface area contributed by atoms with Gasteiger partial charge < -0.3 is 9.15 Å². The standard InChI is InChI=1S/C24H16N2O5/c1-14(26-22(27)17-9-5-6-10-18(17)23(26)28)24(29)30-16-11-12-19-20(13-16)31-21(25-19)15-7-3-2-4-8-15/h2-14H,1H3. The minimum absolute atomic E-state index is 0.233. The summed E-state index contributed by atoms with van der Waals surface area (Å²) in [5.41, 5.74) is 2.47. The van der Waals surface area contributed by atoms with Crippen LogP contribution in [0, 0.1) is 0 Å². The molecule has 1 unspecified atom stereocenters. The molecule has 0 saturated carbocycles. The highest BCUT2D eigenvalue weighted by Crippen LogP contribution is 2.28. The van der Waals surface area contributed by atoms with Crippen molar-refractivity contribution >= 4 is 28.9 Å². The quantitative estimate of drug-likeness (QED) is 0.285. The van der Waals surface area contributed by atoms with Crippen molar-refractivity contribution in [3.05, 3.63) is 83.9 Å². The van der Waals surface area contributed by atoms with E-state index in [1.807, 2.05) is 30.3 Å². The summed E-state index contributed by atoms with van der Waals surface area (Å²) in [5.74, 6) is -1.06. The zero-order chi connectivity index (χ0) is 21.5. The molecule has 2 amide bonds. The second-order valence-corrected chi connectivity index (χ2v) is 7.14. The number of imide groups is 1. The van der Waals surface area contributed by atoms with E-state index in [2.05, 4.69) is 4.98 Å². The second kappa shape index (κ2) is 7.21. The zero-order valence-electron chi connectivity index (χ0n) is 16.4. The summed E-state index contributed by atoms with van der Waals surface area (Å²) >= 11 is 0. The summed E-state index contributed by atoms with van der Waals surface area (Å²) in [6.07, 6.45) is 0. The van der Waals surface area contributed by atoms with Crippen LogP contribution < -0.4 is 4.74 Å². The van der Waals surface area contributed by atoms with E-state index in [9.17, 15) is 14.4 Å². The fourth-order valence-electron chi connectivity index (χ4n) is 3.54. The zero-order valence-corrected chi connectivity index (χ0v) is 16.4. The molecule has 2 heterocycles. The van der Waals surface area contributed by atoms with E-state index in [0.29, 0.717) is 17.0 Å². The van der Waals surface area contributed by atoms with Gasteiger partial charge in [-0.15, -0.1) is 0 Å². The number of fused-ring (bicyclic) bond motifs is 2. The maximum Gasteiger partial charge on any atom is 0.334 e. The Hall–Kier alpha value is -4.26. The molecule has 0 N–H and O–H groups in total. The van der Waals surface area contributed by atoms with Gasteiger partial charge in [-0.25, -0.2) is 9.78 Å². The fraction of sp³-hybridized carbons (Fsp3) is 0.0833. The van der Waals surface area contributed by atoms with Crippen LogP contribution in [0.1, 0.15) is 27.6 Å². The number of esters is 1. The Labute approximate surface area is 176 Å². The maximum atomic E-state index is 12.7. The Kier molecular flexibility index (Phi) is 4.36. The van der Waals surface area contributed by atoms with Gasteiger partial charge in [-0.1, -0.05) is 30.3 Å². The minimum atomic E-state index is -1.09. The van der Waals surface area contributed by atoms with Gasteiger partial charge >= 0.3 is 5.97 Å². The summed E-state index contributed by atoms with van der Waals surface area (Å²) in [5, 5.41) is 0. The molecule has 4 aromatic rings. The number of hydrogen-bond acceptors (Lipinski definition) is 6. The molecule has 1 aliphatic heterocycles. The molecule has 152 valence electrons. The summed E-state index contributed by atoms with van der Waals surface area (Å²) in [6, 6.07) is 19.7. The molecule has 0 fully saturated rings. The molecular formula is C24H16N2O5. The summed E-state index contributed by atoms with van der Waals surface area (Å²) < 4.78 is 11.2. The number of carbonyl (C=O) groups is 3. The Balaban J connectivity index is 1.37. The largest absolute Gasteiger partial charge is 0.436 e. The number of hydrogen-bond donors (Lipinski definition) is 0. The summed E-state index contributed by atoms with van der Waals surface area (Å²) in [6.45, 7) is 1.46. The second-order valence-electron chi connectivity index (χ2n) is 7.14. The highest BCUT2D eigenvalue weighted by atomic mass is 16.5. The molecular weight excluding hydrogens is 396 g/mol. The van der Waals surface area contributed by atoms with Gasteiger partial charge in [-0.05, 0) is 43.3 Å². The Bertz CT molecular complexity index is 1310. The SMILES string of the molecule is CC(C(=O)Oc1ccc2nc(-c3ccccc3)oc2c1)N1C(=O)c2ccccc2C1=O. The monoisotopic (exact) mass is 412 g/mol. The summed E-state index contributed by atoms with van der Waals surface area (Å²) in [7, 11) is 0. The van der Waals surface area contributed by atoms with Crippen molar-refractivity contribution in [1.29, 1.82) is 0 Å². The van der Waals surface area contributed by atoms with E-state index < -0.39 is 23.8 Å². The highest BCUT2D eigenvalue weighted by molar-refractivity contribution is 6.22. The molecule has 1 atom stereocenters. The van der Waals surface area contributed by atoms with Crippen molar-refractivity contribution in [2.24, 2.45) is 0 Å². The van der Waals surface area contributed by atoms with Crippen LogP contribution in [0.15, 0.2) is 77.2 Å². The van der Waals surface area contributed by atoms with Gasteiger partial charge in [0.05, 0.1) is 11.1 Å². The van der Waals surface area contributed by atoms with E-state index in [1.165, 1.54) is 6.92 Å². The average molecular weight is 412 g/mol. The molecule has 3 aromatic carbocycles. The predicted octanol–water partition coefficient (Wildman–Crippen LogP) is 4.08. The normalized spacial score (nSPS) is 14.0. The molecule has 7 nitrogen and oxygen atoms in total. The van der Waals surface area contributed by atoms with Crippen LogP contribution in [0.5, 0.6) is 5.75 Å². The van der Waals surface area contributed by atoms with Gasteiger partial charge in [0.15, 0.2) is 5.58 Å². The van der Waals surface area contributed by atoms with Crippen molar-refractivity contribution in [2.45, 2.75) is 13.0 Å². The number of amides is 2. The van der Waals surface area contributed by atoms with Crippen molar-refractivity contribution in [3.63, 3.8) is 0 Å². The van der Waals surface area contributed by atoms with Crippen molar-refractivity contribution in [2.75, 3.05) is 0 Å². The molecule has 31 heavy (non-hydrogen) atoms. The van der Waals surface area contributed by atoms with Gasteiger partial charge in [0.2, 0.25) is 5.89 Å². The van der Waals surface area contributed by atoms with E-state index in [0.717, 1.165) is 10.5 Å². The van der Waals surface area contributed by atoms with E-state index in [-0.39, 0.29) is 16.9 Å². The van der Waals surface area contributed by atoms with Crippen LogP contribution in [0.25, 0.3) is 22.6 Å². The molecule has 0 aliphatic carbocycles. The summed E-state index contributed by atoms with van der Waals surface area (Å²) in [4.78, 5) is 43.2. The lowest BCUT2D eigenvalue weighted by atomic mass is 10.1. The number of aromatic nitrogens is 1. The van der Waals surface area contributed by atoms with Gasteiger partial charge in [-0.2, -0.15) is 0 Å². The number of nitrogens with zero attached hydrogens (tertiary/aromatic N) is 2. The molecule has 0 bridgehead atoms. The predicted molar refractivity (Wildman–Crippen MR) is 111 cm³/mol. The van der Waals surface area contributed by atoms with E-state index in [1.54, 1.807) is 42.5 Å². The maximum absolute atomic E-state index is 12.7. The van der Waals surface area contributed by atoms with Crippen LogP contribution in [0.3, 0.4) is 0 Å². The average Bonchev–Trinajstić information content (AvgIpc) is 3.33. The third-order valence-corrected chi connectivity index (χ3v) is 5.15. The van der Waals surface area contributed by atoms with E-state index >= 15 is 0 Å². The van der Waals surface area contributed by atoms with Crippen LogP contribution in [0.4, 0.5) is 0 Å². The van der Waals surface area contributed by atoms with Crippen molar-refractivity contribution < 1.29 is 23.5 Å². The Morgan fingerprint density at radius 1 is 0.935 bits per heavy atom. The van der Waals surface area contributed by atoms with E-state index in [4.69, 9.17) is 9.15 Å². The topological polar surface area (TPSA) is 89.7 Å². The molecule has 0 spiro atoms. The molecule has 7 heteroatoms. The number of oxazole rings is 1. The van der Waals surface area contributed by atoms with Gasteiger partial charge in [-0.3, -0.25) is 14.5 Å². The molecule has 1 aromatic heterocycles. The molecule has 1 aliphatic rings. The Morgan fingerprint density at radius 3 is 2.26 bits per heavy atom. The third-order valence-electron chi connectivity index (χ3n) is 5.15. The first kappa shape index (κ1) is 18.7. The minimum Gasteiger partial charge on any atom is -0.436 e. The van der Waals surface area contributed by atoms with Gasteiger partial charge in [0.1, 0.15) is 17.3 Å². The third kappa shape index (κ3) is 3.16. The molecule has 5 rings (SSSR count). The van der Waals surface area contributed by atoms with Crippen LogP contribution in [0.2, 0.25) is 0 Å². The van der Waals surface area contributed by atoms with Gasteiger partial charge in [0.25, 0.3) is 11.8 Å². The van der Waals surface area contributed by atoms with Crippen LogP contribution >= 0.6 is 0 Å². The Morgan fingerprint density at radius 2 is 1.58 bits per heavy atom. The van der Waals surface area contributed by atoms with Gasteiger partial charge in [0, 0.05) is 11.6 Å². The first-order valence-corrected chi connectivity index (χ1v) is 9.67. The smallest absolute Gasteiger partial charge is 0.334 e. The number of ether oxygens (including phenoxy) is 1. The number of benzene rings is 3. The first-order valence-electron chi connectivity index (χ1n) is 9.67. The highest BCUT2D eigenvalue weighted by Gasteiger charge is 2.41. The van der Waals surface area contributed by atoms with Crippen molar-refractivity contribution in [1.82, 2.24) is 9.88 Å².